The quantitative estimate of drug-likeness (QED) is 0.700. The number of hydrogen-bond donors (Lipinski definition) is 2. The fourth-order valence-corrected chi connectivity index (χ4v) is 2.60. The number of amides is 2. The SMILES string of the molecule is CC(C)C(NC(=O)c1ccc(C(C)(C)C)cc1)C(=O)NCCCN(C)C. The lowest BCUT2D eigenvalue weighted by Crippen LogP contribution is -2.50. The van der Waals surface area contributed by atoms with Crippen molar-refractivity contribution in [1.29, 1.82) is 0 Å². The lowest BCUT2D eigenvalue weighted by atomic mass is 9.86. The molecule has 146 valence electrons. The number of carbonyl (C=O) groups excluding carboxylic acids is 2. The van der Waals surface area contributed by atoms with Crippen molar-refractivity contribution in [3.63, 3.8) is 0 Å². The van der Waals surface area contributed by atoms with Crippen molar-refractivity contribution >= 4 is 11.8 Å². The Bertz CT molecular complexity index is 586. The van der Waals surface area contributed by atoms with Gasteiger partial charge in [-0.1, -0.05) is 46.8 Å². The zero-order chi connectivity index (χ0) is 19.9. The van der Waals surface area contributed by atoms with Crippen LogP contribution in [0.4, 0.5) is 0 Å². The summed E-state index contributed by atoms with van der Waals surface area (Å²) >= 11 is 0. The van der Waals surface area contributed by atoms with E-state index in [1.165, 1.54) is 5.56 Å². The van der Waals surface area contributed by atoms with E-state index in [1.54, 1.807) is 0 Å². The smallest absolute Gasteiger partial charge is 0.251 e. The predicted octanol–water partition coefficient (Wildman–Crippen LogP) is 2.81. The molecule has 1 rings (SSSR count). The molecule has 0 aliphatic rings. The Labute approximate surface area is 158 Å². The average Bonchev–Trinajstić information content (AvgIpc) is 2.55. The van der Waals surface area contributed by atoms with E-state index >= 15 is 0 Å². The third kappa shape index (κ3) is 7.16. The van der Waals surface area contributed by atoms with E-state index in [-0.39, 0.29) is 23.1 Å². The van der Waals surface area contributed by atoms with Crippen molar-refractivity contribution in [2.45, 2.75) is 52.5 Å². The highest BCUT2D eigenvalue weighted by Gasteiger charge is 2.24. The van der Waals surface area contributed by atoms with Crippen LogP contribution in [-0.4, -0.2) is 49.9 Å². The fraction of sp³-hybridized carbons (Fsp3) is 0.619. The molecule has 2 N–H and O–H groups in total. The molecule has 1 atom stereocenters. The number of benzene rings is 1. The molecule has 0 radical (unpaired) electrons. The standard InChI is InChI=1S/C21H35N3O2/c1-15(2)18(20(26)22-13-8-14-24(6)7)23-19(25)16-9-11-17(12-10-16)21(3,4)5/h9-12,15,18H,8,13-14H2,1-7H3,(H,22,26)(H,23,25). The predicted molar refractivity (Wildman–Crippen MR) is 107 cm³/mol. The molecule has 0 bridgehead atoms. The van der Waals surface area contributed by atoms with Gasteiger partial charge in [-0.2, -0.15) is 0 Å². The Hall–Kier alpha value is -1.88. The first-order chi connectivity index (χ1) is 12.0. The Morgan fingerprint density at radius 2 is 1.65 bits per heavy atom. The number of hydrogen-bond acceptors (Lipinski definition) is 3. The third-order valence-electron chi connectivity index (χ3n) is 4.33. The highest BCUT2D eigenvalue weighted by Crippen LogP contribution is 2.22. The molecule has 1 aromatic carbocycles. The van der Waals surface area contributed by atoms with Gasteiger partial charge in [0.25, 0.3) is 5.91 Å². The molecule has 0 heterocycles. The molecule has 0 spiro atoms. The topological polar surface area (TPSA) is 61.4 Å². The average molecular weight is 362 g/mol. The summed E-state index contributed by atoms with van der Waals surface area (Å²) < 4.78 is 0. The van der Waals surface area contributed by atoms with Crippen molar-refractivity contribution in [3.8, 4) is 0 Å². The van der Waals surface area contributed by atoms with Gasteiger partial charge < -0.3 is 15.5 Å². The maximum Gasteiger partial charge on any atom is 0.251 e. The molecule has 5 nitrogen and oxygen atoms in total. The van der Waals surface area contributed by atoms with Crippen LogP contribution in [0.5, 0.6) is 0 Å². The molecule has 1 aromatic rings. The number of carbonyl (C=O) groups is 2. The van der Waals surface area contributed by atoms with Gasteiger partial charge in [0.05, 0.1) is 0 Å². The molecule has 2 amide bonds. The van der Waals surface area contributed by atoms with Gasteiger partial charge in [0.2, 0.25) is 5.91 Å². The van der Waals surface area contributed by atoms with Crippen molar-refractivity contribution in [1.82, 2.24) is 15.5 Å². The summed E-state index contributed by atoms with van der Waals surface area (Å²) in [4.78, 5) is 27.1. The minimum Gasteiger partial charge on any atom is -0.354 e. The van der Waals surface area contributed by atoms with Crippen LogP contribution in [0.15, 0.2) is 24.3 Å². The van der Waals surface area contributed by atoms with Crippen molar-refractivity contribution in [2.75, 3.05) is 27.2 Å². The summed E-state index contributed by atoms with van der Waals surface area (Å²) in [6.45, 7) is 11.8. The maximum absolute atomic E-state index is 12.5. The second-order valence-corrected chi connectivity index (χ2v) is 8.47. The van der Waals surface area contributed by atoms with Crippen molar-refractivity contribution in [2.24, 2.45) is 5.92 Å². The highest BCUT2D eigenvalue weighted by molar-refractivity contribution is 5.97. The third-order valence-corrected chi connectivity index (χ3v) is 4.33. The van der Waals surface area contributed by atoms with Crippen LogP contribution < -0.4 is 10.6 Å². The van der Waals surface area contributed by atoms with Gasteiger partial charge in [0, 0.05) is 12.1 Å². The van der Waals surface area contributed by atoms with Crippen molar-refractivity contribution < 1.29 is 9.59 Å². The Balaban J connectivity index is 2.68. The first-order valence-corrected chi connectivity index (χ1v) is 9.36. The normalized spacial score (nSPS) is 13.0. The van der Waals surface area contributed by atoms with Crippen LogP contribution in [0.1, 0.15) is 57.0 Å². The molecule has 26 heavy (non-hydrogen) atoms. The van der Waals surface area contributed by atoms with E-state index < -0.39 is 6.04 Å². The maximum atomic E-state index is 12.5. The lowest BCUT2D eigenvalue weighted by Gasteiger charge is -2.22. The molecule has 1 unspecified atom stereocenters. The van der Waals surface area contributed by atoms with E-state index in [4.69, 9.17) is 0 Å². The van der Waals surface area contributed by atoms with Gasteiger partial charge in [0.15, 0.2) is 0 Å². The Kier molecular flexibility index (Phi) is 8.28. The zero-order valence-corrected chi connectivity index (χ0v) is 17.3. The van der Waals surface area contributed by atoms with Crippen molar-refractivity contribution in [3.05, 3.63) is 35.4 Å². The summed E-state index contributed by atoms with van der Waals surface area (Å²) in [5.74, 6) is -0.326. The fourth-order valence-electron chi connectivity index (χ4n) is 2.60. The second kappa shape index (κ2) is 9.72. The summed E-state index contributed by atoms with van der Waals surface area (Å²) in [5, 5.41) is 5.80. The summed E-state index contributed by atoms with van der Waals surface area (Å²) in [6.07, 6.45) is 0.881. The number of rotatable bonds is 8. The zero-order valence-electron chi connectivity index (χ0n) is 17.3. The molecule has 0 aromatic heterocycles. The molecule has 0 fully saturated rings. The first-order valence-electron chi connectivity index (χ1n) is 9.36. The number of nitrogens with one attached hydrogen (secondary N) is 2. The van der Waals surface area contributed by atoms with Crippen LogP contribution in [0.3, 0.4) is 0 Å². The van der Waals surface area contributed by atoms with Gasteiger partial charge in [-0.05, 0) is 56.1 Å². The van der Waals surface area contributed by atoms with E-state index in [2.05, 4.69) is 36.3 Å². The van der Waals surface area contributed by atoms with Crippen LogP contribution in [0.25, 0.3) is 0 Å². The van der Waals surface area contributed by atoms with Gasteiger partial charge >= 0.3 is 0 Å². The molecule has 0 aliphatic heterocycles. The van der Waals surface area contributed by atoms with E-state index in [0.29, 0.717) is 12.1 Å². The monoisotopic (exact) mass is 361 g/mol. The van der Waals surface area contributed by atoms with E-state index in [0.717, 1.165) is 13.0 Å². The van der Waals surface area contributed by atoms with E-state index in [9.17, 15) is 9.59 Å². The van der Waals surface area contributed by atoms with Gasteiger partial charge in [-0.25, -0.2) is 0 Å². The van der Waals surface area contributed by atoms with Crippen LogP contribution in [0.2, 0.25) is 0 Å². The Morgan fingerprint density at radius 3 is 2.12 bits per heavy atom. The summed E-state index contributed by atoms with van der Waals surface area (Å²) in [5.41, 5.74) is 1.79. The van der Waals surface area contributed by atoms with Crippen LogP contribution >= 0.6 is 0 Å². The molecular formula is C21H35N3O2. The van der Waals surface area contributed by atoms with Gasteiger partial charge in [0.1, 0.15) is 6.04 Å². The minimum absolute atomic E-state index is 0.0154. The molecular weight excluding hydrogens is 326 g/mol. The molecule has 5 heteroatoms. The van der Waals surface area contributed by atoms with Crippen LogP contribution in [-0.2, 0) is 10.2 Å². The molecule has 0 aliphatic carbocycles. The summed E-state index contributed by atoms with van der Waals surface area (Å²) in [7, 11) is 4.01. The van der Waals surface area contributed by atoms with Crippen LogP contribution in [0, 0.1) is 5.92 Å². The minimum atomic E-state index is -0.538. The summed E-state index contributed by atoms with van der Waals surface area (Å²) in [6, 6.07) is 7.05. The van der Waals surface area contributed by atoms with Gasteiger partial charge in [-0.15, -0.1) is 0 Å². The Morgan fingerprint density at radius 1 is 1.08 bits per heavy atom. The first kappa shape index (κ1) is 22.2. The largest absolute Gasteiger partial charge is 0.354 e. The van der Waals surface area contributed by atoms with Gasteiger partial charge in [-0.3, -0.25) is 9.59 Å². The molecule has 0 saturated heterocycles. The van der Waals surface area contributed by atoms with E-state index in [1.807, 2.05) is 52.2 Å². The lowest BCUT2D eigenvalue weighted by molar-refractivity contribution is -0.123. The highest BCUT2D eigenvalue weighted by atomic mass is 16.2. The molecule has 0 saturated carbocycles. The second-order valence-electron chi connectivity index (χ2n) is 8.47. The number of nitrogens with zero attached hydrogens (tertiary/aromatic N) is 1.